The number of rotatable bonds is 4. The summed E-state index contributed by atoms with van der Waals surface area (Å²) in [5.41, 5.74) is 0.495. The Hall–Kier alpha value is -2.21. The standard InChI is InChI=1S/C15H16N2O4/c18-14(19)6-5-13-16-12-4-2-1-3-11(12)15(20)17(13)10-7-8-21-9-10/h1-4,10H,5-9H2,(H,18,19). The molecule has 3 rings (SSSR count). The van der Waals surface area contributed by atoms with Gasteiger partial charge >= 0.3 is 5.97 Å². The van der Waals surface area contributed by atoms with Crippen LogP contribution in [0.3, 0.4) is 0 Å². The van der Waals surface area contributed by atoms with Gasteiger partial charge in [-0.15, -0.1) is 0 Å². The molecule has 1 aromatic carbocycles. The van der Waals surface area contributed by atoms with Crippen LogP contribution >= 0.6 is 0 Å². The van der Waals surface area contributed by atoms with Crippen LogP contribution < -0.4 is 5.56 Å². The van der Waals surface area contributed by atoms with Crippen molar-refractivity contribution in [1.82, 2.24) is 9.55 Å². The summed E-state index contributed by atoms with van der Waals surface area (Å²) in [5.74, 6) is -0.372. The summed E-state index contributed by atoms with van der Waals surface area (Å²) < 4.78 is 6.98. The number of nitrogens with zero attached hydrogens (tertiary/aromatic N) is 2. The van der Waals surface area contributed by atoms with Gasteiger partial charge in [-0.3, -0.25) is 14.2 Å². The molecule has 0 amide bonds. The molecule has 0 bridgehead atoms. The lowest BCUT2D eigenvalue weighted by atomic mass is 10.2. The maximum atomic E-state index is 12.7. The fourth-order valence-electron chi connectivity index (χ4n) is 2.69. The minimum atomic E-state index is -0.897. The lowest BCUT2D eigenvalue weighted by molar-refractivity contribution is -0.137. The molecule has 0 saturated carbocycles. The highest BCUT2D eigenvalue weighted by Crippen LogP contribution is 2.20. The van der Waals surface area contributed by atoms with Gasteiger partial charge in [0.15, 0.2) is 0 Å². The average Bonchev–Trinajstić information content (AvgIpc) is 2.99. The van der Waals surface area contributed by atoms with Crippen molar-refractivity contribution in [2.45, 2.75) is 25.3 Å². The minimum absolute atomic E-state index is 0.0433. The molecule has 2 heterocycles. The molecule has 6 nitrogen and oxygen atoms in total. The van der Waals surface area contributed by atoms with Gasteiger partial charge in [-0.2, -0.15) is 0 Å². The number of hydrogen-bond donors (Lipinski definition) is 1. The fraction of sp³-hybridized carbons (Fsp3) is 0.400. The number of benzene rings is 1. The number of carbonyl (C=O) groups is 1. The zero-order valence-electron chi connectivity index (χ0n) is 11.5. The fourth-order valence-corrected chi connectivity index (χ4v) is 2.69. The number of para-hydroxylation sites is 1. The summed E-state index contributed by atoms with van der Waals surface area (Å²) in [6, 6.07) is 7.09. The summed E-state index contributed by atoms with van der Waals surface area (Å²) in [6.07, 6.45) is 0.949. The largest absolute Gasteiger partial charge is 0.481 e. The lowest BCUT2D eigenvalue weighted by Crippen LogP contribution is -2.30. The van der Waals surface area contributed by atoms with Crippen molar-refractivity contribution in [3.05, 3.63) is 40.4 Å². The molecular formula is C15H16N2O4. The van der Waals surface area contributed by atoms with Crippen LogP contribution in [0.2, 0.25) is 0 Å². The molecule has 1 fully saturated rings. The molecule has 1 saturated heterocycles. The van der Waals surface area contributed by atoms with Crippen LogP contribution in [-0.4, -0.2) is 33.8 Å². The van der Waals surface area contributed by atoms with E-state index in [-0.39, 0.29) is 24.4 Å². The molecule has 1 aliphatic heterocycles. The zero-order chi connectivity index (χ0) is 14.8. The highest BCUT2D eigenvalue weighted by Gasteiger charge is 2.23. The molecule has 1 atom stereocenters. The highest BCUT2D eigenvalue weighted by molar-refractivity contribution is 5.77. The molecule has 0 radical (unpaired) electrons. The van der Waals surface area contributed by atoms with Crippen LogP contribution in [0.5, 0.6) is 0 Å². The Kier molecular flexibility index (Phi) is 3.70. The molecule has 110 valence electrons. The van der Waals surface area contributed by atoms with Gasteiger partial charge in [-0.05, 0) is 18.6 Å². The first-order valence-corrected chi connectivity index (χ1v) is 6.96. The van der Waals surface area contributed by atoms with Gasteiger partial charge < -0.3 is 9.84 Å². The Bertz CT molecular complexity index is 732. The van der Waals surface area contributed by atoms with Gasteiger partial charge in [0.05, 0.1) is 30.0 Å². The van der Waals surface area contributed by atoms with Crippen LogP contribution in [0.4, 0.5) is 0 Å². The summed E-state index contributed by atoms with van der Waals surface area (Å²) in [6.45, 7) is 1.09. The van der Waals surface area contributed by atoms with E-state index < -0.39 is 5.97 Å². The quantitative estimate of drug-likeness (QED) is 0.919. The highest BCUT2D eigenvalue weighted by atomic mass is 16.5. The summed E-state index contributed by atoms with van der Waals surface area (Å²) in [4.78, 5) is 28.0. The van der Waals surface area contributed by atoms with E-state index in [0.29, 0.717) is 29.9 Å². The van der Waals surface area contributed by atoms with E-state index in [4.69, 9.17) is 9.84 Å². The summed E-state index contributed by atoms with van der Waals surface area (Å²) in [7, 11) is 0. The third kappa shape index (κ3) is 2.67. The van der Waals surface area contributed by atoms with Gasteiger partial charge in [0, 0.05) is 13.0 Å². The van der Waals surface area contributed by atoms with Crippen LogP contribution in [-0.2, 0) is 16.0 Å². The number of carboxylic acids is 1. The predicted octanol–water partition coefficient (Wildman–Crippen LogP) is 1.38. The Labute approximate surface area is 121 Å². The number of aromatic nitrogens is 2. The number of carboxylic acid groups (broad SMARTS) is 1. The molecule has 1 unspecified atom stereocenters. The maximum absolute atomic E-state index is 12.7. The molecule has 0 aliphatic carbocycles. The van der Waals surface area contributed by atoms with Crippen molar-refractivity contribution >= 4 is 16.9 Å². The molecule has 1 N–H and O–H groups in total. The normalized spacial score (nSPS) is 18.2. The smallest absolute Gasteiger partial charge is 0.303 e. The second kappa shape index (κ2) is 5.65. The number of ether oxygens (including phenoxy) is 1. The Balaban J connectivity index is 2.14. The van der Waals surface area contributed by atoms with Crippen molar-refractivity contribution in [3.63, 3.8) is 0 Å². The van der Waals surface area contributed by atoms with Gasteiger partial charge in [0.1, 0.15) is 5.82 Å². The van der Waals surface area contributed by atoms with E-state index in [1.807, 2.05) is 6.07 Å². The second-order valence-electron chi connectivity index (χ2n) is 5.13. The third-order valence-electron chi connectivity index (χ3n) is 3.71. The molecule has 1 aromatic heterocycles. The van der Waals surface area contributed by atoms with Gasteiger partial charge in [-0.1, -0.05) is 12.1 Å². The topological polar surface area (TPSA) is 81.4 Å². The molecule has 6 heteroatoms. The van der Waals surface area contributed by atoms with Crippen LogP contribution in [0.15, 0.2) is 29.1 Å². The van der Waals surface area contributed by atoms with Crippen molar-refractivity contribution in [3.8, 4) is 0 Å². The first-order chi connectivity index (χ1) is 10.2. The average molecular weight is 288 g/mol. The van der Waals surface area contributed by atoms with Crippen LogP contribution in [0.1, 0.15) is 24.7 Å². The van der Waals surface area contributed by atoms with E-state index in [1.165, 1.54) is 0 Å². The van der Waals surface area contributed by atoms with E-state index in [9.17, 15) is 9.59 Å². The number of fused-ring (bicyclic) bond motifs is 1. The van der Waals surface area contributed by atoms with Crippen molar-refractivity contribution in [2.24, 2.45) is 0 Å². The third-order valence-corrected chi connectivity index (χ3v) is 3.71. The molecule has 21 heavy (non-hydrogen) atoms. The Morgan fingerprint density at radius 3 is 2.95 bits per heavy atom. The zero-order valence-corrected chi connectivity index (χ0v) is 11.5. The molecular weight excluding hydrogens is 272 g/mol. The van der Waals surface area contributed by atoms with E-state index >= 15 is 0 Å². The molecule has 2 aromatic rings. The van der Waals surface area contributed by atoms with Crippen LogP contribution in [0, 0.1) is 0 Å². The second-order valence-corrected chi connectivity index (χ2v) is 5.13. The van der Waals surface area contributed by atoms with Crippen LogP contribution in [0.25, 0.3) is 10.9 Å². The van der Waals surface area contributed by atoms with E-state index in [1.54, 1.807) is 22.8 Å². The Morgan fingerprint density at radius 1 is 1.43 bits per heavy atom. The van der Waals surface area contributed by atoms with Crippen molar-refractivity contribution in [2.75, 3.05) is 13.2 Å². The first kappa shape index (κ1) is 13.8. The Morgan fingerprint density at radius 2 is 2.24 bits per heavy atom. The van der Waals surface area contributed by atoms with Gasteiger partial charge in [0.25, 0.3) is 5.56 Å². The number of aryl methyl sites for hydroxylation is 1. The van der Waals surface area contributed by atoms with Crippen molar-refractivity contribution < 1.29 is 14.6 Å². The van der Waals surface area contributed by atoms with E-state index in [2.05, 4.69) is 4.98 Å². The molecule has 1 aliphatic rings. The van der Waals surface area contributed by atoms with Gasteiger partial charge in [-0.25, -0.2) is 4.98 Å². The number of hydrogen-bond acceptors (Lipinski definition) is 4. The lowest BCUT2D eigenvalue weighted by Gasteiger charge is -2.17. The monoisotopic (exact) mass is 288 g/mol. The minimum Gasteiger partial charge on any atom is -0.481 e. The maximum Gasteiger partial charge on any atom is 0.303 e. The van der Waals surface area contributed by atoms with Crippen molar-refractivity contribution in [1.29, 1.82) is 0 Å². The summed E-state index contributed by atoms with van der Waals surface area (Å²) >= 11 is 0. The van der Waals surface area contributed by atoms with Gasteiger partial charge in [0.2, 0.25) is 0 Å². The first-order valence-electron chi connectivity index (χ1n) is 6.96. The van der Waals surface area contributed by atoms with E-state index in [0.717, 1.165) is 6.42 Å². The number of aliphatic carboxylic acids is 1. The predicted molar refractivity (Wildman–Crippen MR) is 76.4 cm³/mol. The summed E-state index contributed by atoms with van der Waals surface area (Å²) in [5, 5.41) is 9.43. The SMILES string of the molecule is O=C(O)CCc1nc2ccccc2c(=O)n1C1CCOC1. The molecule has 0 spiro atoms.